The minimum absolute atomic E-state index is 0.135. The van der Waals surface area contributed by atoms with E-state index in [-0.39, 0.29) is 11.5 Å². The molecule has 5 rings (SSSR count). The molecule has 198 valence electrons. The van der Waals surface area contributed by atoms with Crippen molar-refractivity contribution >= 4 is 11.9 Å². The maximum atomic E-state index is 13.1. The van der Waals surface area contributed by atoms with Gasteiger partial charge < -0.3 is 19.3 Å². The van der Waals surface area contributed by atoms with Gasteiger partial charge in [0.25, 0.3) is 0 Å². The number of piperidine rings is 1. The maximum absolute atomic E-state index is 13.1. The summed E-state index contributed by atoms with van der Waals surface area (Å²) in [6.07, 6.45) is 8.82. The zero-order valence-corrected chi connectivity index (χ0v) is 22.8. The molecule has 1 heterocycles. The number of Topliss-reactive ketones (excluding diaryl/α,β-unsaturated/α-hetero) is 1. The lowest BCUT2D eigenvalue weighted by Crippen LogP contribution is -2.46. The number of rotatable bonds is 5. The molecule has 0 bridgehead atoms. The molecule has 1 aliphatic heterocycles. The average Bonchev–Trinajstić information content (AvgIpc) is 3.18. The van der Waals surface area contributed by atoms with E-state index in [2.05, 4.69) is 45.0 Å². The van der Waals surface area contributed by atoms with Gasteiger partial charge in [0.05, 0.1) is 7.11 Å². The van der Waals surface area contributed by atoms with Crippen LogP contribution < -0.4 is 9.47 Å². The Balaban J connectivity index is 1.40. The molecule has 1 saturated heterocycles. The Morgan fingerprint density at radius 1 is 1.14 bits per heavy atom. The first-order valence-corrected chi connectivity index (χ1v) is 14.1. The van der Waals surface area contributed by atoms with Gasteiger partial charge in [-0.15, -0.1) is 0 Å². The summed E-state index contributed by atoms with van der Waals surface area (Å²) in [6, 6.07) is 4.75. The van der Waals surface area contributed by atoms with Crippen molar-refractivity contribution in [3.8, 4) is 11.5 Å². The molecular weight excluding hydrogens is 452 g/mol. The first-order chi connectivity index (χ1) is 17.3. The predicted molar refractivity (Wildman–Crippen MR) is 141 cm³/mol. The number of methoxy groups -OCH3 is 1. The minimum atomic E-state index is -0.276. The predicted octanol–water partition coefficient (Wildman–Crippen LogP) is 5.67. The van der Waals surface area contributed by atoms with Crippen molar-refractivity contribution in [1.82, 2.24) is 9.80 Å². The third-order valence-corrected chi connectivity index (χ3v) is 10.2. The van der Waals surface area contributed by atoms with Crippen LogP contribution in [0.4, 0.5) is 4.79 Å². The molecule has 5 unspecified atom stereocenters. The highest BCUT2D eigenvalue weighted by atomic mass is 16.6. The molecule has 0 N–H and O–H groups in total. The van der Waals surface area contributed by atoms with E-state index in [1.54, 1.807) is 7.11 Å². The third-order valence-electron chi connectivity index (χ3n) is 10.2. The van der Waals surface area contributed by atoms with E-state index in [9.17, 15) is 9.59 Å². The van der Waals surface area contributed by atoms with Crippen molar-refractivity contribution in [3.05, 3.63) is 23.3 Å². The topological polar surface area (TPSA) is 59.1 Å². The first kappa shape index (κ1) is 25.6. The summed E-state index contributed by atoms with van der Waals surface area (Å²) in [5.41, 5.74) is 2.53. The van der Waals surface area contributed by atoms with Gasteiger partial charge in [-0.25, -0.2) is 4.79 Å². The molecule has 4 aliphatic rings. The molecule has 6 heteroatoms. The molecule has 1 aromatic rings. The first-order valence-electron chi connectivity index (χ1n) is 14.1. The number of carbonyl (C=O) groups is 2. The van der Waals surface area contributed by atoms with E-state index < -0.39 is 0 Å². The second-order valence-corrected chi connectivity index (χ2v) is 12.2. The molecule has 5 atom stereocenters. The summed E-state index contributed by atoms with van der Waals surface area (Å²) in [5, 5.41) is 0. The van der Waals surface area contributed by atoms with Crippen LogP contribution in [0.5, 0.6) is 11.5 Å². The van der Waals surface area contributed by atoms with Gasteiger partial charge >= 0.3 is 6.09 Å². The Bertz CT molecular complexity index is 999. The Morgan fingerprint density at radius 2 is 1.89 bits per heavy atom. The van der Waals surface area contributed by atoms with E-state index >= 15 is 0 Å². The van der Waals surface area contributed by atoms with E-state index in [1.807, 2.05) is 4.90 Å². The van der Waals surface area contributed by atoms with Crippen LogP contribution in [-0.4, -0.2) is 62.0 Å². The van der Waals surface area contributed by atoms with E-state index in [1.165, 1.54) is 17.5 Å². The number of hydrogen-bond donors (Lipinski definition) is 0. The van der Waals surface area contributed by atoms with Crippen molar-refractivity contribution in [3.63, 3.8) is 0 Å². The lowest BCUT2D eigenvalue weighted by molar-refractivity contribution is -0.130. The number of fused-ring (bicyclic) bond motifs is 5. The average molecular weight is 497 g/mol. The third kappa shape index (κ3) is 4.33. The van der Waals surface area contributed by atoms with Crippen molar-refractivity contribution in [2.45, 2.75) is 83.6 Å². The summed E-state index contributed by atoms with van der Waals surface area (Å²) < 4.78 is 11.7. The van der Waals surface area contributed by atoms with Crippen LogP contribution >= 0.6 is 0 Å². The van der Waals surface area contributed by atoms with Gasteiger partial charge in [0.2, 0.25) is 0 Å². The van der Waals surface area contributed by atoms with Crippen LogP contribution in [0.2, 0.25) is 0 Å². The number of carbonyl (C=O) groups excluding carboxylic acids is 2. The van der Waals surface area contributed by atoms with Crippen molar-refractivity contribution < 1.29 is 19.1 Å². The second kappa shape index (κ2) is 10.00. The molecule has 6 nitrogen and oxygen atoms in total. The van der Waals surface area contributed by atoms with Gasteiger partial charge in [0, 0.05) is 31.0 Å². The van der Waals surface area contributed by atoms with Gasteiger partial charge in [-0.2, -0.15) is 0 Å². The lowest BCUT2D eigenvalue weighted by Gasteiger charge is -2.51. The Labute approximate surface area is 216 Å². The summed E-state index contributed by atoms with van der Waals surface area (Å²) >= 11 is 0. The normalized spacial score (nSPS) is 32.2. The van der Waals surface area contributed by atoms with Crippen LogP contribution in [-0.2, 0) is 11.2 Å². The molecule has 0 radical (unpaired) electrons. The van der Waals surface area contributed by atoms with Crippen molar-refractivity contribution in [1.29, 1.82) is 0 Å². The molecule has 1 aromatic carbocycles. The highest BCUT2D eigenvalue weighted by Gasteiger charge is 2.56. The molecule has 2 saturated carbocycles. The minimum Gasteiger partial charge on any atom is -0.493 e. The lowest BCUT2D eigenvalue weighted by atomic mass is 9.52. The summed E-state index contributed by atoms with van der Waals surface area (Å²) in [4.78, 5) is 30.0. The monoisotopic (exact) mass is 496 g/mol. The zero-order valence-electron chi connectivity index (χ0n) is 22.8. The number of amides is 1. The van der Waals surface area contributed by atoms with Gasteiger partial charge in [-0.3, -0.25) is 4.79 Å². The fourth-order valence-electron chi connectivity index (χ4n) is 8.17. The fraction of sp³-hybridized carbons (Fsp3) is 0.733. The van der Waals surface area contributed by atoms with E-state index in [4.69, 9.17) is 9.47 Å². The zero-order chi connectivity index (χ0) is 25.6. The molecule has 3 aliphatic carbocycles. The number of likely N-dealkylation sites (tertiary alicyclic amines) is 1. The van der Waals surface area contributed by atoms with Gasteiger partial charge in [0.1, 0.15) is 5.78 Å². The summed E-state index contributed by atoms with van der Waals surface area (Å²) in [5.74, 6) is 3.75. The van der Waals surface area contributed by atoms with E-state index in [0.29, 0.717) is 47.0 Å². The highest BCUT2D eigenvalue weighted by molar-refractivity contribution is 5.87. The number of nitrogens with zero attached hydrogens (tertiary/aromatic N) is 2. The van der Waals surface area contributed by atoms with Crippen molar-refractivity contribution in [2.75, 3.05) is 34.3 Å². The Hall–Kier alpha value is -2.08. The standard InChI is InChI=1S/C30H44N2O4/c1-6-7-19-16-20-17-26(36-29(34)32-14-11-21(12-15-32)31(3)4)25(35-5)18-23(20)22-10-13-30(2)24(28(19)22)8-9-27(30)33/h17-19,21-22,24,28H,6-16H2,1-5H3. The fourth-order valence-corrected chi connectivity index (χ4v) is 8.17. The van der Waals surface area contributed by atoms with Gasteiger partial charge in [-0.1, -0.05) is 26.7 Å². The molecular formula is C30H44N2O4. The van der Waals surface area contributed by atoms with Crippen LogP contribution in [0.25, 0.3) is 0 Å². The SMILES string of the molecule is CCCC1Cc2cc(OC(=O)N3CCC(N(C)C)CC3)c(OC)cc2C2CCC3(C)C(=O)CCC3C12. The number of ketones is 1. The van der Waals surface area contributed by atoms with Crippen LogP contribution in [0.1, 0.15) is 82.3 Å². The van der Waals surface area contributed by atoms with Crippen LogP contribution in [0.15, 0.2) is 12.1 Å². The second-order valence-electron chi connectivity index (χ2n) is 12.2. The largest absolute Gasteiger partial charge is 0.493 e. The smallest absolute Gasteiger partial charge is 0.415 e. The molecule has 1 amide bonds. The van der Waals surface area contributed by atoms with Crippen LogP contribution in [0, 0.1) is 23.2 Å². The molecule has 0 spiro atoms. The highest BCUT2D eigenvalue weighted by Crippen LogP contribution is 2.62. The maximum Gasteiger partial charge on any atom is 0.415 e. The Morgan fingerprint density at radius 3 is 2.56 bits per heavy atom. The number of benzene rings is 1. The molecule has 3 fully saturated rings. The molecule has 36 heavy (non-hydrogen) atoms. The Kier molecular flexibility index (Phi) is 7.10. The number of ether oxygens (including phenoxy) is 2. The number of hydrogen-bond acceptors (Lipinski definition) is 5. The van der Waals surface area contributed by atoms with E-state index in [0.717, 1.165) is 64.5 Å². The van der Waals surface area contributed by atoms with Gasteiger partial charge in [-0.05, 0) is 99.6 Å². The van der Waals surface area contributed by atoms with Gasteiger partial charge in [0.15, 0.2) is 11.5 Å². The summed E-state index contributed by atoms with van der Waals surface area (Å²) in [7, 11) is 5.87. The molecule has 0 aromatic heterocycles. The quantitative estimate of drug-likeness (QED) is 0.526. The summed E-state index contributed by atoms with van der Waals surface area (Å²) in [6.45, 7) is 5.95. The van der Waals surface area contributed by atoms with Crippen LogP contribution in [0.3, 0.4) is 0 Å². The van der Waals surface area contributed by atoms with Crippen molar-refractivity contribution in [2.24, 2.45) is 23.2 Å².